The molecule has 0 bridgehead atoms. The smallest absolute Gasteiger partial charge is 0.215 e. The molecule has 192 valence electrons. The van der Waals surface area contributed by atoms with E-state index in [-0.39, 0.29) is 17.9 Å². The summed E-state index contributed by atoms with van der Waals surface area (Å²) >= 11 is 0. The van der Waals surface area contributed by atoms with Gasteiger partial charge in [-0.3, -0.25) is 0 Å². The van der Waals surface area contributed by atoms with Crippen LogP contribution in [0.25, 0.3) is 0 Å². The van der Waals surface area contributed by atoms with Crippen molar-refractivity contribution in [3.63, 3.8) is 0 Å². The molecular weight excluding hydrogens is 456 g/mol. The molecule has 3 aliphatic heterocycles. The van der Waals surface area contributed by atoms with Crippen molar-refractivity contribution in [2.75, 3.05) is 50.8 Å². The van der Waals surface area contributed by atoms with Gasteiger partial charge < -0.3 is 34.1 Å². The maximum Gasteiger partial charge on any atom is 0.215 e. The highest BCUT2D eigenvalue weighted by Crippen LogP contribution is 2.32. The minimum Gasteiger partial charge on any atom is -0.862 e. The molecular formula is C28H35N4O4-. The minimum atomic E-state index is -0.0766. The lowest BCUT2D eigenvalue weighted by Gasteiger charge is -2.26. The highest BCUT2D eigenvalue weighted by Gasteiger charge is 2.27. The van der Waals surface area contributed by atoms with E-state index in [2.05, 4.69) is 20.9 Å². The van der Waals surface area contributed by atoms with Crippen LogP contribution < -0.4 is 24.2 Å². The van der Waals surface area contributed by atoms with Crippen LogP contribution in [0.3, 0.4) is 0 Å². The number of anilines is 1. The van der Waals surface area contributed by atoms with E-state index in [0.717, 1.165) is 74.6 Å². The molecule has 1 aliphatic carbocycles. The summed E-state index contributed by atoms with van der Waals surface area (Å²) in [5.41, 5.74) is 2.20. The van der Waals surface area contributed by atoms with Crippen LogP contribution in [0.15, 0.2) is 41.5 Å². The van der Waals surface area contributed by atoms with Gasteiger partial charge in [0.25, 0.3) is 0 Å². The predicted molar refractivity (Wildman–Crippen MR) is 136 cm³/mol. The van der Waals surface area contributed by atoms with Gasteiger partial charge in [-0.15, -0.1) is 0 Å². The fraction of sp³-hybridized carbons (Fsp3) is 0.571. The molecule has 2 aromatic rings. The van der Waals surface area contributed by atoms with Crippen molar-refractivity contribution in [3.05, 3.63) is 42.1 Å². The maximum absolute atomic E-state index is 13.4. The van der Waals surface area contributed by atoms with E-state index < -0.39 is 0 Å². The fourth-order valence-electron chi connectivity index (χ4n) is 5.40. The van der Waals surface area contributed by atoms with Gasteiger partial charge in [-0.25, -0.2) is 4.98 Å². The van der Waals surface area contributed by atoms with Gasteiger partial charge in [-0.1, -0.05) is 6.07 Å². The monoisotopic (exact) mass is 491 g/mol. The lowest BCUT2D eigenvalue weighted by atomic mass is 10.0. The number of benzene rings is 1. The van der Waals surface area contributed by atoms with Crippen molar-refractivity contribution in [1.29, 1.82) is 0 Å². The third-order valence-corrected chi connectivity index (χ3v) is 7.49. The lowest BCUT2D eigenvalue weighted by Crippen LogP contribution is -2.36. The first-order valence-electron chi connectivity index (χ1n) is 13.4. The van der Waals surface area contributed by atoms with Gasteiger partial charge in [0.15, 0.2) is 11.5 Å². The summed E-state index contributed by atoms with van der Waals surface area (Å²) in [5, 5.41) is 13.4. The molecule has 1 aromatic heterocycles. The van der Waals surface area contributed by atoms with E-state index in [0.29, 0.717) is 31.7 Å². The third-order valence-electron chi connectivity index (χ3n) is 7.49. The minimum absolute atomic E-state index is 0.0303. The molecule has 6 rings (SSSR count). The molecule has 8 heteroatoms. The first kappa shape index (κ1) is 23.4. The first-order valence-corrected chi connectivity index (χ1v) is 13.4. The number of aromatic nitrogens is 1. The van der Waals surface area contributed by atoms with Crippen LogP contribution >= 0.6 is 0 Å². The van der Waals surface area contributed by atoms with Crippen LogP contribution in [0.4, 0.5) is 5.69 Å². The number of hydrogen-bond acceptors (Lipinski definition) is 8. The van der Waals surface area contributed by atoms with Crippen molar-refractivity contribution in [2.45, 2.75) is 50.7 Å². The van der Waals surface area contributed by atoms with Crippen LogP contribution in [-0.4, -0.2) is 73.9 Å². The first-order chi connectivity index (χ1) is 17.7. The molecule has 1 saturated carbocycles. The second kappa shape index (κ2) is 10.5. The largest absolute Gasteiger partial charge is 0.862 e. The summed E-state index contributed by atoms with van der Waals surface area (Å²) in [6.45, 7) is 5.69. The molecule has 8 nitrogen and oxygen atoms in total. The summed E-state index contributed by atoms with van der Waals surface area (Å²) in [4.78, 5) is 13.9. The van der Waals surface area contributed by atoms with Crippen molar-refractivity contribution >= 4 is 11.6 Å². The molecule has 4 aliphatic rings. The molecule has 0 N–H and O–H groups in total. The Morgan fingerprint density at radius 2 is 1.89 bits per heavy atom. The standard InChI is InChI=1S/C28H36N4O4/c33-28(21-8-12-32(18-21)23-7-9-29-27(17-23)36-24-4-5-24)30-22(19-31-10-1-2-11-31)15-20-3-6-25-26(16-20)35-14-13-34-25/h3,6-7,9,16-17,21-22,24H,1-2,4-5,8,10-15,18-19H2,(H,30,33)/p-1/t21-,22?/m1/s1. The van der Waals surface area contributed by atoms with Gasteiger partial charge >= 0.3 is 0 Å². The molecule has 1 unspecified atom stereocenters. The average molecular weight is 492 g/mol. The van der Waals surface area contributed by atoms with Gasteiger partial charge in [-0.05, 0) is 81.3 Å². The number of rotatable bonds is 9. The molecule has 36 heavy (non-hydrogen) atoms. The van der Waals surface area contributed by atoms with E-state index in [9.17, 15) is 5.11 Å². The topological polar surface area (TPSA) is 82.5 Å². The zero-order valence-electron chi connectivity index (χ0n) is 20.8. The van der Waals surface area contributed by atoms with Crippen molar-refractivity contribution < 1.29 is 19.3 Å². The van der Waals surface area contributed by atoms with E-state index in [4.69, 9.17) is 19.2 Å². The molecule has 0 amide bonds. The number of likely N-dealkylation sites (tertiary alicyclic amines) is 1. The Kier molecular flexibility index (Phi) is 6.86. The highest BCUT2D eigenvalue weighted by atomic mass is 16.6. The Morgan fingerprint density at radius 1 is 1.06 bits per heavy atom. The highest BCUT2D eigenvalue weighted by molar-refractivity contribution is 5.76. The van der Waals surface area contributed by atoms with Gasteiger partial charge in [0, 0.05) is 43.5 Å². The van der Waals surface area contributed by atoms with Crippen LogP contribution in [-0.2, 0) is 6.42 Å². The van der Waals surface area contributed by atoms with Gasteiger partial charge in [0.05, 0.1) is 6.04 Å². The van der Waals surface area contributed by atoms with E-state index >= 15 is 0 Å². The summed E-state index contributed by atoms with van der Waals surface area (Å²) < 4.78 is 17.3. The zero-order chi connectivity index (χ0) is 24.3. The van der Waals surface area contributed by atoms with Crippen molar-refractivity contribution in [3.8, 4) is 17.4 Å². The molecule has 2 saturated heterocycles. The van der Waals surface area contributed by atoms with E-state index in [1.54, 1.807) is 6.20 Å². The summed E-state index contributed by atoms with van der Waals surface area (Å²) in [6, 6.07) is 10.0. The lowest BCUT2D eigenvalue weighted by molar-refractivity contribution is -0.223. The predicted octanol–water partition coefficient (Wildman–Crippen LogP) is 2.69. The molecule has 0 spiro atoms. The maximum atomic E-state index is 13.4. The quantitative estimate of drug-likeness (QED) is 0.394. The third kappa shape index (κ3) is 5.69. The molecule has 2 atom stereocenters. The zero-order valence-corrected chi connectivity index (χ0v) is 20.8. The molecule has 3 fully saturated rings. The number of fused-ring (bicyclic) bond motifs is 1. The van der Waals surface area contributed by atoms with Gasteiger partial charge in [0.1, 0.15) is 19.3 Å². The van der Waals surface area contributed by atoms with Crippen LogP contribution in [0.5, 0.6) is 17.4 Å². The van der Waals surface area contributed by atoms with Crippen molar-refractivity contribution in [2.24, 2.45) is 10.9 Å². The Morgan fingerprint density at radius 3 is 2.72 bits per heavy atom. The number of ether oxygens (including phenoxy) is 3. The normalized spacial score (nSPS) is 23.2. The Hall–Kier alpha value is -3.00. The molecule has 1 aromatic carbocycles. The summed E-state index contributed by atoms with van der Waals surface area (Å²) in [5.74, 6) is 2.22. The second-order valence-corrected chi connectivity index (χ2v) is 10.4. The number of hydrogen-bond donors (Lipinski definition) is 0. The fourth-order valence-corrected chi connectivity index (χ4v) is 5.40. The van der Waals surface area contributed by atoms with Crippen LogP contribution in [0.2, 0.25) is 0 Å². The van der Waals surface area contributed by atoms with Crippen LogP contribution in [0.1, 0.15) is 37.7 Å². The summed E-state index contributed by atoms with van der Waals surface area (Å²) in [7, 11) is 0. The van der Waals surface area contributed by atoms with Gasteiger partial charge in [-0.2, -0.15) is 0 Å². The molecule has 0 radical (unpaired) electrons. The number of pyridine rings is 1. The average Bonchev–Trinajstić information content (AvgIpc) is 3.33. The van der Waals surface area contributed by atoms with E-state index in [1.807, 2.05) is 24.3 Å². The Bertz CT molecular complexity index is 1080. The van der Waals surface area contributed by atoms with Crippen molar-refractivity contribution in [1.82, 2.24) is 9.88 Å². The summed E-state index contributed by atoms with van der Waals surface area (Å²) in [6.07, 6.45) is 8.33. The van der Waals surface area contributed by atoms with Crippen LogP contribution in [0, 0.1) is 5.92 Å². The SMILES string of the molecule is [O-]C(=NC(Cc1ccc2c(c1)OCCO2)CN1CCCC1)[C@@H]1CCN(c2ccnc(OC3CC3)c2)C1. The number of aliphatic imine (C=N–C) groups is 1. The van der Waals surface area contributed by atoms with Gasteiger partial charge in [0.2, 0.25) is 5.88 Å². The Labute approximate surface area is 212 Å². The number of nitrogens with zero attached hydrogens (tertiary/aromatic N) is 4. The second-order valence-electron chi connectivity index (χ2n) is 10.4. The molecule has 4 heterocycles. The van der Waals surface area contributed by atoms with E-state index in [1.165, 1.54) is 12.8 Å². The Balaban J connectivity index is 1.14.